The number of nitro groups is 1. The molecule has 2 aromatic carbocycles. The number of nitrogens with zero attached hydrogens (tertiary/aromatic N) is 1. The lowest BCUT2D eigenvalue weighted by atomic mass is 10.1. The number of Topliss-reactive ketones (excluding diaryl/α,β-unsaturated/α-hetero) is 1. The highest BCUT2D eigenvalue weighted by Crippen LogP contribution is 2.31. The third-order valence-electron chi connectivity index (χ3n) is 2.61. The van der Waals surface area contributed by atoms with E-state index in [0.717, 1.165) is 0 Å². The Labute approximate surface area is 119 Å². The van der Waals surface area contributed by atoms with E-state index in [1.165, 1.54) is 25.1 Å². The second-order valence-corrected chi connectivity index (χ2v) is 4.43. The zero-order chi connectivity index (χ0) is 14.7. The summed E-state index contributed by atoms with van der Waals surface area (Å²) in [6.45, 7) is 1.27. The average Bonchev–Trinajstić information content (AvgIpc) is 2.41. The number of rotatable bonds is 4. The van der Waals surface area contributed by atoms with E-state index in [1.54, 1.807) is 24.3 Å². The van der Waals surface area contributed by atoms with Crippen molar-refractivity contribution in [3.05, 3.63) is 63.2 Å². The van der Waals surface area contributed by atoms with Crippen LogP contribution in [0.25, 0.3) is 0 Å². The number of hydrogen-bond donors (Lipinski definition) is 0. The molecule has 0 heterocycles. The molecule has 0 aromatic heterocycles. The van der Waals surface area contributed by atoms with Crippen LogP contribution in [0.15, 0.2) is 42.5 Å². The summed E-state index contributed by atoms with van der Waals surface area (Å²) in [5, 5.41) is 11.3. The Morgan fingerprint density at radius 2 is 1.95 bits per heavy atom. The molecule has 0 saturated heterocycles. The van der Waals surface area contributed by atoms with Gasteiger partial charge in [-0.25, -0.2) is 0 Å². The van der Waals surface area contributed by atoms with Crippen LogP contribution in [-0.4, -0.2) is 10.7 Å². The maximum absolute atomic E-state index is 11.5. The molecule has 0 bridgehead atoms. The molecule has 0 aliphatic carbocycles. The van der Waals surface area contributed by atoms with Crippen molar-refractivity contribution in [1.82, 2.24) is 0 Å². The van der Waals surface area contributed by atoms with E-state index in [0.29, 0.717) is 16.5 Å². The first-order valence-electron chi connectivity index (χ1n) is 5.71. The summed E-state index contributed by atoms with van der Waals surface area (Å²) in [6, 6.07) is 10.8. The topological polar surface area (TPSA) is 69.4 Å². The smallest absolute Gasteiger partial charge is 0.280 e. The monoisotopic (exact) mass is 291 g/mol. The van der Waals surface area contributed by atoms with Crippen molar-refractivity contribution in [3.63, 3.8) is 0 Å². The Morgan fingerprint density at radius 1 is 1.25 bits per heavy atom. The fourth-order valence-electron chi connectivity index (χ4n) is 1.67. The van der Waals surface area contributed by atoms with Gasteiger partial charge in [0.25, 0.3) is 5.69 Å². The van der Waals surface area contributed by atoms with Crippen molar-refractivity contribution in [2.24, 2.45) is 0 Å². The quantitative estimate of drug-likeness (QED) is 0.480. The molecular formula is C14H10ClNO4. The minimum Gasteiger partial charge on any atom is -0.456 e. The summed E-state index contributed by atoms with van der Waals surface area (Å²) in [4.78, 5) is 21.7. The summed E-state index contributed by atoms with van der Waals surface area (Å²) in [7, 11) is 0. The predicted octanol–water partition coefficient (Wildman–Crippen LogP) is 4.24. The van der Waals surface area contributed by atoms with Crippen LogP contribution in [-0.2, 0) is 0 Å². The van der Waals surface area contributed by atoms with Gasteiger partial charge in [0.1, 0.15) is 11.5 Å². The predicted molar refractivity (Wildman–Crippen MR) is 74.6 cm³/mol. The third-order valence-corrected chi connectivity index (χ3v) is 2.92. The summed E-state index contributed by atoms with van der Waals surface area (Å²) < 4.78 is 5.53. The number of ketones is 1. The molecule has 0 atom stereocenters. The minimum atomic E-state index is -0.601. The fraction of sp³-hybridized carbons (Fsp3) is 0.0714. The van der Waals surface area contributed by atoms with E-state index in [-0.39, 0.29) is 11.3 Å². The van der Waals surface area contributed by atoms with Gasteiger partial charge in [0, 0.05) is 6.07 Å². The molecule has 0 amide bonds. The lowest BCUT2D eigenvalue weighted by Crippen LogP contribution is -2.00. The van der Waals surface area contributed by atoms with Crippen LogP contribution in [0.2, 0.25) is 5.02 Å². The number of benzene rings is 2. The van der Waals surface area contributed by atoms with E-state index in [2.05, 4.69) is 0 Å². The lowest BCUT2D eigenvalue weighted by Gasteiger charge is -2.08. The van der Waals surface area contributed by atoms with Gasteiger partial charge in [-0.3, -0.25) is 14.9 Å². The van der Waals surface area contributed by atoms with Crippen molar-refractivity contribution in [2.75, 3.05) is 0 Å². The maximum atomic E-state index is 11.5. The molecule has 0 saturated carbocycles. The molecule has 2 aromatic rings. The van der Waals surface area contributed by atoms with Crippen molar-refractivity contribution < 1.29 is 14.5 Å². The summed E-state index contributed by atoms with van der Waals surface area (Å²) in [5.41, 5.74) is -0.247. The number of para-hydroxylation sites is 1. The SMILES string of the molecule is CC(=O)c1cc(Oc2ccccc2Cl)ccc1[N+](=O)[O-]. The highest BCUT2D eigenvalue weighted by Gasteiger charge is 2.18. The van der Waals surface area contributed by atoms with Crippen LogP contribution >= 0.6 is 11.6 Å². The van der Waals surface area contributed by atoms with Gasteiger partial charge in [0.05, 0.1) is 15.5 Å². The molecule has 0 spiro atoms. The van der Waals surface area contributed by atoms with E-state index in [9.17, 15) is 14.9 Å². The van der Waals surface area contributed by atoms with Gasteiger partial charge in [0.2, 0.25) is 0 Å². The van der Waals surface area contributed by atoms with Gasteiger partial charge in [-0.1, -0.05) is 23.7 Å². The zero-order valence-electron chi connectivity index (χ0n) is 10.5. The zero-order valence-corrected chi connectivity index (χ0v) is 11.3. The normalized spacial score (nSPS) is 10.1. The summed E-state index contributed by atoms with van der Waals surface area (Å²) in [6.07, 6.45) is 0. The Hall–Kier alpha value is -2.40. The standard InChI is InChI=1S/C14H10ClNO4/c1-9(17)11-8-10(6-7-13(11)16(18)19)20-14-5-3-2-4-12(14)15/h2-8H,1H3. The van der Waals surface area contributed by atoms with Crippen molar-refractivity contribution in [3.8, 4) is 11.5 Å². The van der Waals surface area contributed by atoms with Crippen molar-refractivity contribution in [1.29, 1.82) is 0 Å². The molecule has 6 heteroatoms. The molecule has 102 valence electrons. The largest absolute Gasteiger partial charge is 0.456 e. The Kier molecular flexibility index (Phi) is 4.00. The molecule has 0 fully saturated rings. The number of halogens is 1. The van der Waals surface area contributed by atoms with Gasteiger partial charge in [-0.15, -0.1) is 0 Å². The minimum absolute atomic E-state index is 0.000413. The van der Waals surface area contributed by atoms with Crippen molar-refractivity contribution >= 4 is 23.1 Å². The first kappa shape index (κ1) is 14.0. The third kappa shape index (κ3) is 2.95. The fourth-order valence-corrected chi connectivity index (χ4v) is 1.85. The van der Waals surface area contributed by atoms with Crippen LogP contribution < -0.4 is 4.74 Å². The number of nitro benzene ring substituents is 1. The molecule has 0 radical (unpaired) electrons. The van der Waals surface area contributed by atoms with Crippen LogP contribution in [0.4, 0.5) is 5.69 Å². The number of ether oxygens (including phenoxy) is 1. The van der Waals surface area contributed by atoms with E-state index in [1.807, 2.05) is 0 Å². The first-order chi connectivity index (χ1) is 9.49. The Morgan fingerprint density at radius 3 is 2.55 bits per heavy atom. The number of carbonyl (C=O) groups excluding carboxylic acids is 1. The second kappa shape index (κ2) is 5.71. The molecule has 0 unspecified atom stereocenters. The highest BCUT2D eigenvalue weighted by atomic mass is 35.5. The van der Waals surface area contributed by atoms with Gasteiger partial charge < -0.3 is 4.74 Å². The average molecular weight is 292 g/mol. The number of hydrogen-bond acceptors (Lipinski definition) is 4. The molecule has 2 rings (SSSR count). The highest BCUT2D eigenvalue weighted by molar-refractivity contribution is 6.32. The molecule has 0 aliphatic heterocycles. The molecule has 0 aliphatic rings. The molecule has 5 nitrogen and oxygen atoms in total. The molecule has 0 N–H and O–H groups in total. The van der Waals surface area contributed by atoms with Crippen LogP contribution in [0.3, 0.4) is 0 Å². The maximum Gasteiger partial charge on any atom is 0.280 e. The molecule has 20 heavy (non-hydrogen) atoms. The van der Waals surface area contributed by atoms with Gasteiger partial charge in [0.15, 0.2) is 5.78 Å². The van der Waals surface area contributed by atoms with Gasteiger partial charge >= 0.3 is 0 Å². The van der Waals surface area contributed by atoms with Gasteiger partial charge in [-0.05, 0) is 31.2 Å². The summed E-state index contributed by atoms with van der Waals surface area (Å²) >= 11 is 5.96. The lowest BCUT2D eigenvalue weighted by molar-refractivity contribution is -0.385. The van der Waals surface area contributed by atoms with Gasteiger partial charge in [-0.2, -0.15) is 0 Å². The molecular weight excluding hydrogens is 282 g/mol. The van der Waals surface area contributed by atoms with Crippen LogP contribution in [0.5, 0.6) is 11.5 Å². The summed E-state index contributed by atoms with van der Waals surface area (Å²) in [5.74, 6) is 0.327. The van der Waals surface area contributed by atoms with Crippen LogP contribution in [0, 0.1) is 10.1 Å². The Bertz CT molecular complexity index is 685. The number of carbonyl (C=O) groups is 1. The Balaban J connectivity index is 2.40. The van der Waals surface area contributed by atoms with E-state index in [4.69, 9.17) is 16.3 Å². The van der Waals surface area contributed by atoms with E-state index < -0.39 is 10.7 Å². The second-order valence-electron chi connectivity index (χ2n) is 4.02. The van der Waals surface area contributed by atoms with Crippen molar-refractivity contribution in [2.45, 2.75) is 6.92 Å². The van der Waals surface area contributed by atoms with Crippen LogP contribution in [0.1, 0.15) is 17.3 Å². The van der Waals surface area contributed by atoms with E-state index >= 15 is 0 Å². The first-order valence-corrected chi connectivity index (χ1v) is 6.08.